The highest BCUT2D eigenvalue weighted by Crippen LogP contribution is 2.11. The minimum atomic E-state index is 0.133. The van der Waals surface area contributed by atoms with Crippen molar-refractivity contribution in [2.45, 2.75) is 33.7 Å². The highest BCUT2D eigenvalue weighted by atomic mass is 16.2. The molecule has 0 saturated heterocycles. The van der Waals surface area contributed by atoms with Crippen LogP contribution < -0.4 is 5.32 Å². The Bertz CT molecular complexity index is 384. The fourth-order valence-corrected chi connectivity index (χ4v) is 1.98. The fraction of sp³-hybridized carbons (Fsp3) is 0.562. The number of hydrogen-bond donors (Lipinski definition) is 1. The average Bonchev–Trinajstić information content (AvgIpc) is 2.37. The number of benzene rings is 1. The van der Waals surface area contributed by atoms with E-state index < -0.39 is 0 Å². The minimum Gasteiger partial charge on any atom is -0.340 e. The van der Waals surface area contributed by atoms with Crippen molar-refractivity contribution in [2.75, 3.05) is 20.1 Å². The molecule has 1 amide bonds. The Hall–Kier alpha value is -1.35. The Morgan fingerprint density at radius 1 is 1.21 bits per heavy atom. The molecule has 0 aliphatic rings. The first kappa shape index (κ1) is 15.7. The molecule has 3 heteroatoms. The van der Waals surface area contributed by atoms with Crippen LogP contribution in [-0.4, -0.2) is 30.9 Å². The first-order valence-corrected chi connectivity index (χ1v) is 7.05. The summed E-state index contributed by atoms with van der Waals surface area (Å²) in [5, 5.41) is 3.05. The van der Waals surface area contributed by atoms with Gasteiger partial charge in [0.25, 0.3) is 0 Å². The molecule has 0 heterocycles. The molecule has 19 heavy (non-hydrogen) atoms. The third kappa shape index (κ3) is 5.88. The van der Waals surface area contributed by atoms with Crippen molar-refractivity contribution in [2.24, 2.45) is 5.92 Å². The van der Waals surface area contributed by atoms with E-state index in [1.807, 2.05) is 14.0 Å². The second kappa shape index (κ2) is 7.95. The van der Waals surface area contributed by atoms with Crippen molar-refractivity contribution in [3.8, 4) is 0 Å². The number of amides is 1. The molecule has 1 rings (SSSR count). The number of nitrogens with zero attached hydrogens (tertiary/aromatic N) is 1. The highest BCUT2D eigenvalue weighted by molar-refractivity contribution is 5.77. The van der Waals surface area contributed by atoms with E-state index in [0.717, 1.165) is 13.0 Å². The first-order chi connectivity index (χ1) is 9.02. The molecular formula is C16H26N2O. The van der Waals surface area contributed by atoms with Crippen molar-refractivity contribution in [1.82, 2.24) is 10.2 Å². The number of hydrogen-bond acceptors (Lipinski definition) is 2. The van der Waals surface area contributed by atoms with E-state index in [4.69, 9.17) is 0 Å². The van der Waals surface area contributed by atoms with Crippen LogP contribution in [0.2, 0.25) is 0 Å². The number of nitrogens with one attached hydrogen (secondary N) is 1. The van der Waals surface area contributed by atoms with Crippen molar-refractivity contribution < 1.29 is 4.79 Å². The van der Waals surface area contributed by atoms with E-state index >= 15 is 0 Å². The van der Waals surface area contributed by atoms with Crippen LogP contribution in [0.4, 0.5) is 0 Å². The summed E-state index contributed by atoms with van der Waals surface area (Å²) in [5.74, 6) is 0.809. The molecule has 0 aliphatic heterocycles. The van der Waals surface area contributed by atoms with Gasteiger partial charge in [-0.1, -0.05) is 45.0 Å². The van der Waals surface area contributed by atoms with Gasteiger partial charge in [0.2, 0.25) is 5.91 Å². The maximum Gasteiger partial charge on any atom is 0.236 e. The molecule has 0 aromatic heterocycles. The van der Waals surface area contributed by atoms with Gasteiger partial charge in [-0.2, -0.15) is 0 Å². The number of carbonyl (C=O) groups is 1. The lowest BCUT2D eigenvalue weighted by Crippen LogP contribution is -2.35. The fourth-order valence-electron chi connectivity index (χ4n) is 1.98. The summed E-state index contributed by atoms with van der Waals surface area (Å²) in [6.45, 7) is 8.36. The Morgan fingerprint density at radius 3 is 2.32 bits per heavy atom. The molecule has 1 aromatic carbocycles. The quantitative estimate of drug-likeness (QED) is 0.818. The maximum atomic E-state index is 11.8. The standard InChI is InChI=1S/C16H26N2O/c1-5-17-11-16(19)18(4)12-15-8-6-14(7-9-15)10-13(2)3/h6-9,13,17H,5,10-12H2,1-4H3. The molecule has 106 valence electrons. The molecule has 0 saturated carbocycles. The lowest BCUT2D eigenvalue weighted by atomic mass is 10.0. The first-order valence-electron chi connectivity index (χ1n) is 7.05. The van der Waals surface area contributed by atoms with Gasteiger partial charge in [-0.25, -0.2) is 0 Å². The summed E-state index contributed by atoms with van der Waals surface area (Å²) >= 11 is 0. The third-order valence-corrected chi connectivity index (χ3v) is 3.04. The van der Waals surface area contributed by atoms with Crippen LogP contribution in [0.5, 0.6) is 0 Å². The molecule has 1 N–H and O–H groups in total. The van der Waals surface area contributed by atoms with E-state index in [0.29, 0.717) is 19.0 Å². The summed E-state index contributed by atoms with van der Waals surface area (Å²) < 4.78 is 0. The zero-order valence-electron chi connectivity index (χ0n) is 12.6. The third-order valence-electron chi connectivity index (χ3n) is 3.04. The summed E-state index contributed by atoms with van der Waals surface area (Å²) in [7, 11) is 1.85. The van der Waals surface area contributed by atoms with Gasteiger partial charge in [0, 0.05) is 13.6 Å². The van der Waals surface area contributed by atoms with Crippen LogP contribution in [0, 0.1) is 5.92 Å². The van der Waals surface area contributed by atoms with Crippen LogP contribution >= 0.6 is 0 Å². The molecule has 0 radical (unpaired) electrons. The monoisotopic (exact) mass is 262 g/mol. The van der Waals surface area contributed by atoms with Gasteiger partial charge in [-0.05, 0) is 30.0 Å². The average molecular weight is 262 g/mol. The Labute approximate surface area is 117 Å². The van der Waals surface area contributed by atoms with Crippen molar-refractivity contribution in [3.05, 3.63) is 35.4 Å². The Balaban J connectivity index is 2.50. The molecule has 0 unspecified atom stereocenters. The molecule has 1 aromatic rings. The second-order valence-corrected chi connectivity index (χ2v) is 5.44. The molecule has 0 fully saturated rings. The van der Waals surface area contributed by atoms with Crippen molar-refractivity contribution >= 4 is 5.91 Å². The Morgan fingerprint density at radius 2 is 1.79 bits per heavy atom. The second-order valence-electron chi connectivity index (χ2n) is 5.44. The zero-order chi connectivity index (χ0) is 14.3. The van der Waals surface area contributed by atoms with Gasteiger partial charge >= 0.3 is 0 Å². The minimum absolute atomic E-state index is 0.133. The normalized spacial score (nSPS) is 10.8. The van der Waals surface area contributed by atoms with Crippen LogP contribution in [-0.2, 0) is 17.8 Å². The van der Waals surface area contributed by atoms with Crippen LogP contribution in [0.3, 0.4) is 0 Å². The van der Waals surface area contributed by atoms with E-state index in [1.165, 1.54) is 11.1 Å². The summed E-state index contributed by atoms with van der Waals surface area (Å²) in [4.78, 5) is 13.5. The molecule has 0 spiro atoms. The van der Waals surface area contributed by atoms with Gasteiger partial charge in [0.15, 0.2) is 0 Å². The van der Waals surface area contributed by atoms with E-state index in [9.17, 15) is 4.79 Å². The lowest BCUT2D eigenvalue weighted by molar-refractivity contribution is -0.129. The SMILES string of the molecule is CCNCC(=O)N(C)Cc1ccc(CC(C)C)cc1. The van der Waals surface area contributed by atoms with Gasteiger partial charge in [-0.15, -0.1) is 0 Å². The van der Waals surface area contributed by atoms with Crippen LogP contribution in [0.25, 0.3) is 0 Å². The number of rotatable bonds is 7. The molecule has 3 nitrogen and oxygen atoms in total. The highest BCUT2D eigenvalue weighted by Gasteiger charge is 2.08. The van der Waals surface area contributed by atoms with E-state index in [1.54, 1.807) is 4.90 Å². The van der Waals surface area contributed by atoms with Crippen LogP contribution in [0.1, 0.15) is 31.9 Å². The molecule has 0 bridgehead atoms. The summed E-state index contributed by atoms with van der Waals surface area (Å²) in [6, 6.07) is 8.57. The predicted octanol–water partition coefficient (Wildman–Crippen LogP) is 2.45. The summed E-state index contributed by atoms with van der Waals surface area (Å²) in [6.07, 6.45) is 1.11. The van der Waals surface area contributed by atoms with Crippen molar-refractivity contribution in [3.63, 3.8) is 0 Å². The molecule has 0 aliphatic carbocycles. The van der Waals surface area contributed by atoms with Gasteiger partial charge < -0.3 is 10.2 Å². The summed E-state index contributed by atoms with van der Waals surface area (Å²) in [5.41, 5.74) is 2.54. The van der Waals surface area contributed by atoms with Gasteiger partial charge in [0.05, 0.1) is 6.54 Å². The topological polar surface area (TPSA) is 32.3 Å². The largest absolute Gasteiger partial charge is 0.340 e. The van der Waals surface area contributed by atoms with Gasteiger partial charge in [-0.3, -0.25) is 4.79 Å². The van der Waals surface area contributed by atoms with E-state index in [2.05, 4.69) is 43.4 Å². The predicted molar refractivity (Wildman–Crippen MR) is 80.0 cm³/mol. The number of likely N-dealkylation sites (N-methyl/N-ethyl adjacent to an activating group) is 2. The van der Waals surface area contributed by atoms with E-state index in [-0.39, 0.29) is 5.91 Å². The van der Waals surface area contributed by atoms with Crippen molar-refractivity contribution in [1.29, 1.82) is 0 Å². The molecular weight excluding hydrogens is 236 g/mol. The number of carbonyl (C=O) groups excluding carboxylic acids is 1. The molecule has 0 atom stereocenters. The lowest BCUT2D eigenvalue weighted by Gasteiger charge is -2.17. The smallest absolute Gasteiger partial charge is 0.236 e. The van der Waals surface area contributed by atoms with Crippen LogP contribution in [0.15, 0.2) is 24.3 Å². The maximum absolute atomic E-state index is 11.8. The van der Waals surface area contributed by atoms with Gasteiger partial charge in [0.1, 0.15) is 0 Å². The Kier molecular flexibility index (Phi) is 6.57. The zero-order valence-corrected chi connectivity index (χ0v) is 12.6.